The second-order valence-corrected chi connectivity index (χ2v) is 10.0. The first-order chi connectivity index (χ1) is 8.67. The number of sulfone groups is 1. The monoisotopic (exact) mass is 410 g/mol. The van der Waals surface area contributed by atoms with Gasteiger partial charge in [0.25, 0.3) is 0 Å². The van der Waals surface area contributed by atoms with Gasteiger partial charge in [-0.25, -0.2) is 8.42 Å². The van der Waals surface area contributed by atoms with Crippen LogP contribution in [0.25, 0.3) is 0 Å². The Bertz CT molecular complexity index is 501. The molecule has 0 aromatic heterocycles. The molecule has 0 aliphatic rings. The minimum Gasteiger partial charge on any atom is -0.228 e. The van der Waals surface area contributed by atoms with Gasteiger partial charge >= 0.3 is 0 Å². The molecular weight excluding hydrogens is 392 g/mol. The minimum atomic E-state index is -3.05. The van der Waals surface area contributed by atoms with E-state index in [1.165, 1.54) is 5.56 Å². The number of benzene rings is 1. The van der Waals surface area contributed by atoms with Crippen LogP contribution in [0.15, 0.2) is 28.7 Å². The minimum absolute atomic E-state index is 0.225. The third kappa shape index (κ3) is 4.87. The van der Waals surface area contributed by atoms with Gasteiger partial charge in [-0.15, -0.1) is 0 Å². The van der Waals surface area contributed by atoms with Gasteiger partial charge in [0, 0.05) is 9.80 Å². The molecule has 0 amide bonds. The predicted octanol–water partition coefficient (Wildman–Crippen LogP) is 4.53. The number of hydrogen-bond donors (Lipinski definition) is 0. The van der Waals surface area contributed by atoms with E-state index in [0.29, 0.717) is 6.42 Å². The Hall–Kier alpha value is 0.130. The molecule has 5 heteroatoms. The molecule has 0 spiro atoms. The molecule has 0 aliphatic carbocycles. The first kappa shape index (κ1) is 17.2. The van der Waals surface area contributed by atoms with Gasteiger partial charge in [0.2, 0.25) is 0 Å². The molecule has 0 heterocycles. The van der Waals surface area contributed by atoms with E-state index in [1.807, 2.05) is 24.3 Å². The van der Waals surface area contributed by atoms with Gasteiger partial charge in [-0.2, -0.15) is 0 Å². The molecular formula is C14H20Br2O2S. The van der Waals surface area contributed by atoms with Crippen LogP contribution in [0.3, 0.4) is 0 Å². The van der Waals surface area contributed by atoms with Gasteiger partial charge in [-0.1, -0.05) is 44.0 Å². The highest BCUT2D eigenvalue weighted by Gasteiger charge is 2.29. The Morgan fingerprint density at radius 1 is 1.16 bits per heavy atom. The summed E-state index contributed by atoms with van der Waals surface area (Å²) in [6.07, 6.45) is 0.645. The average molecular weight is 412 g/mol. The molecule has 1 unspecified atom stereocenters. The van der Waals surface area contributed by atoms with Crippen molar-refractivity contribution in [3.63, 3.8) is 0 Å². The maximum absolute atomic E-state index is 12.1. The fourth-order valence-corrected chi connectivity index (χ4v) is 3.84. The maximum Gasteiger partial charge on any atom is 0.155 e. The summed E-state index contributed by atoms with van der Waals surface area (Å²) in [7, 11) is -3.05. The molecule has 0 radical (unpaired) electrons. The zero-order chi connectivity index (χ0) is 14.7. The van der Waals surface area contributed by atoms with Gasteiger partial charge in [0.1, 0.15) is 0 Å². The van der Waals surface area contributed by atoms with Gasteiger partial charge < -0.3 is 0 Å². The van der Waals surface area contributed by atoms with Crippen LogP contribution in [0.1, 0.15) is 38.7 Å². The van der Waals surface area contributed by atoms with Gasteiger partial charge in [0.15, 0.2) is 9.84 Å². The second-order valence-electron chi connectivity index (χ2n) is 5.62. The molecule has 1 atom stereocenters. The van der Waals surface area contributed by atoms with Crippen molar-refractivity contribution in [2.75, 3.05) is 11.1 Å². The zero-order valence-electron chi connectivity index (χ0n) is 11.5. The number of halogens is 2. The molecule has 0 saturated carbocycles. The van der Waals surface area contributed by atoms with Crippen LogP contribution < -0.4 is 0 Å². The predicted molar refractivity (Wildman–Crippen MR) is 88.8 cm³/mol. The first-order valence-corrected chi connectivity index (χ1v) is 9.78. The molecule has 0 fully saturated rings. The Kier molecular flexibility index (Phi) is 6.08. The van der Waals surface area contributed by atoms with Gasteiger partial charge in [-0.05, 0) is 50.8 Å². The second kappa shape index (κ2) is 6.72. The van der Waals surface area contributed by atoms with Crippen molar-refractivity contribution in [3.8, 4) is 0 Å². The molecule has 1 rings (SSSR count). The summed E-state index contributed by atoms with van der Waals surface area (Å²) in [5, 5.41) is 0.772. The molecule has 0 aliphatic heterocycles. The third-order valence-electron chi connectivity index (χ3n) is 3.20. The zero-order valence-corrected chi connectivity index (χ0v) is 15.5. The van der Waals surface area contributed by atoms with Crippen molar-refractivity contribution in [1.82, 2.24) is 0 Å². The van der Waals surface area contributed by atoms with Crippen LogP contribution in [0.4, 0.5) is 0 Å². The SMILES string of the molecule is CC(C)(C)S(=O)(=O)CCC(CBr)c1ccc(Br)cc1. The van der Waals surface area contributed by atoms with Crippen LogP contribution in [0.5, 0.6) is 0 Å². The molecule has 0 N–H and O–H groups in total. The van der Waals surface area contributed by atoms with Gasteiger partial charge in [-0.3, -0.25) is 0 Å². The molecule has 0 saturated heterocycles. The summed E-state index contributed by atoms with van der Waals surface area (Å²) in [5.74, 6) is 0.452. The Balaban J connectivity index is 2.77. The number of alkyl halides is 1. The molecule has 0 bridgehead atoms. The van der Waals surface area contributed by atoms with E-state index in [-0.39, 0.29) is 11.7 Å². The van der Waals surface area contributed by atoms with Crippen LogP contribution >= 0.6 is 31.9 Å². The van der Waals surface area contributed by atoms with E-state index in [9.17, 15) is 8.42 Å². The highest BCUT2D eigenvalue weighted by molar-refractivity contribution is 9.10. The Morgan fingerprint density at radius 2 is 1.68 bits per heavy atom. The number of rotatable bonds is 5. The topological polar surface area (TPSA) is 34.1 Å². The van der Waals surface area contributed by atoms with E-state index in [2.05, 4.69) is 31.9 Å². The normalized spacial score (nSPS) is 14.4. The Labute approximate surface area is 133 Å². The van der Waals surface area contributed by atoms with E-state index >= 15 is 0 Å². The lowest BCUT2D eigenvalue weighted by molar-refractivity contribution is 0.554. The maximum atomic E-state index is 12.1. The summed E-state index contributed by atoms with van der Waals surface area (Å²) in [4.78, 5) is 0. The van der Waals surface area contributed by atoms with E-state index < -0.39 is 14.6 Å². The number of hydrogen-bond acceptors (Lipinski definition) is 2. The van der Waals surface area contributed by atoms with E-state index in [4.69, 9.17) is 0 Å². The lowest BCUT2D eigenvalue weighted by Gasteiger charge is -2.21. The molecule has 1 aromatic carbocycles. The summed E-state index contributed by atoms with van der Waals surface area (Å²) in [6.45, 7) is 5.27. The van der Waals surface area contributed by atoms with E-state index in [1.54, 1.807) is 20.8 Å². The average Bonchev–Trinajstić information content (AvgIpc) is 2.30. The van der Waals surface area contributed by atoms with Crippen molar-refractivity contribution in [2.24, 2.45) is 0 Å². The smallest absolute Gasteiger partial charge is 0.155 e. The Morgan fingerprint density at radius 3 is 2.11 bits per heavy atom. The van der Waals surface area contributed by atoms with Crippen molar-refractivity contribution in [2.45, 2.75) is 37.9 Å². The first-order valence-electron chi connectivity index (χ1n) is 6.21. The molecule has 2 nitrogen and oxygen atoms in total. The van der Waals surface area contributed by atoms with Crippen LogP contribution in [0.2, 0.25) is 0 Å². The summed E-state index contributed by atoms with van der Waals surface area (Å²) in [5.41, 5.74) is 1.17. The fraction of sp³-hybridized carbons (Fsp3) is 0.571. The standard InChI is InChI=1S/C14H20Br2O2S/c1-14(2,3)19(17,18)9-8-12(10-15)11-4-6-13(16)7-5-11/h4-7,12H,8-10H2,1-3H3. The van der Waals surface area contributed by atoms with Crippen molar-refractivity contribution in [3.05, 3.63) is 34.3 Å². The molecule has 19 heavy (non-hydrogen) atoms. The van der Waals surface area contributed by atoms with Crippen LogP contribution in [-0.2, 0) is 9.84 Å². The van der Waals surface area contributed by atoms with E-state index in [0.717, 1.165) is 9.80 Å². The third-order valence-corrected chi connectivity index (χ3v) is 7.15. The van der Waals surface area contributed by atoms with Crippen molar-refractivity contribution >= 4 is 41.7 Å². The van der Waals surface area contributed by atoms with Crippen molar-refractivity contribution < 1.29 is 8.42 Å². The summed E-state index contributed by atoms with van der Waals surface area (Å²) >= 11 is 6.89. The summed E-state index contributed by atoms with van der Waals surface area (Å²) in [6, 6.07) is 8.06. The molecule has 1 aromatic rings. The lowest BCUT2D eigenvalue weighted by atomic mass is 9.99. The largest absolute Gasteiger partial charge is 0.228 e. The lowest BCUT2D eigenvalue weighted by Crippen LogP contribution is -2.31. The highest BCUT2D eigenvalue weighted by atomic mass is 79.9. The van der Waals surface area contributed by atoms with Gasteiger partial charge in [0.05, 0.1) is 10.5 Å². The van der Waals surface area contributed by atoms with Crippen LogP contribution in [0, 0.1) is 0 Å². The quantitative estimate of drug-likeness (QED) is 0.667. The summed E-state index contributed by atoms with van der Waals surface area (Å²) < 4.78 is 24.6. The van der Waals surface area contributed by atoms with Crippen LogP contribution in [-0.4, -0.2) is 24.2 Å². The fourth-order valence-electron chi connectivity index (χ4n) is 1.67. The van der Waals surface area contributed by atoms with Crippen molar-refractivity contribution in [1.29, 1.82) is 0 Å². The highest BCUT2D eigenvalue weighted by Crippen LogP contribution is 2.26. The molecule has 108 valence electrons.